The van der Waals surface area contributed by atoms with E-state index in [1.165, 1.54) is 11.3 Å². The van der Waals surface area contributed by atoms with Crippen LogP contribution in [0.3, 0.4) is 0 Å². The Morgan fingerprint density at radius 2 is 1.72 bits per heavy atom. The molecule has 0 saturated carbocycles. The van der Waals surface area contributed by atoms with Crippen molar-refractivity contribution in [3.63, 3.8) is 0 Å². The van der Waals surface area contributed by atoms with E-state index in [1.54, 1.807) is 18.2 Å². The van der Waals surface area contributed by atoms with Gasteiger partial charge in [-0.3, -0.25) is 24.5 Å². The van der Waals surface area contributed by atoms with E-state index in [2.05, 4.69) is 10.6 Å². The highest BCUT2D eigenvalue weighted by Crippen LogP contribution is 2.32. The smallest absolute Gasteiger partial charge is 0.255 e. The average molecular weight is 444 g/mol. The Labute approximate surface area is 188 Å². The molecule has 174 valence electrons. The molecule has 1 unspecified atom stereocenters. The third kappa shape index (κ3) is 6.16. The number of hydrogen-bond acceptors (Lipinski definition) is 5. The SMILES string of the molecule is O=C1CCC(N2Cc3c(NC(=O)CCCCCCCCCCO)cccc3C2=O)C(=O)N1. The fraction of sp³-hybridized carbons (Fsp3) is 0.583. The first-order chi connectivity index (χ1) is 15.5. The molecule has 0 spiro atoms. The van der Waals surface area contributed by atoms with Crippen molar-refractivity contribution < 1.29 is 24.3 Å². The van der Waals surface area contributed by atoms with E-state index in [0.29, 0.717) is 24.1 Å². The van der Waals surface area contributed by atoms with E-state index in [4.69, 9.17) is 5.11 Å². The van der Waals surface area contributed by atoms with Gasteiger partial charge in [-0.2, -0.15) is 0 Å². The normalized spacial score (nSPS) is 18.0. The Hall–Kier alpha value is -2.74. The Kier molecular flexibility index (Phi) is 8.79. The lowest BCUT2D eigenvalue weighted by Crippen LogP contribution is -2.52. The third-order valence-electron chi connectivity index (χ3n) is 6.17. The van der Waals surface area contributed by atoms with Crippen molar-refractivity contribution in [1.82, 2.24) is 10.2 Å². The zero-order chi connectivity index (χ0) is 22.9. The van der Waals surface area contributed by atoms with Crippen molar-refractivity contribution in [3.05, 3.63) is 29.3 Å². The van der Waals surface area contributed by atoms with Crippen LogP contribution >= 0.6 is 0 Å². The van der Waals surface area contributed by atoms with E-state index in [9.17, 15) is 19.2 Å². The Morgan fingerprint density at radius 3 is 2.41 bits per heavy atom. The zero-order valence-corrected chi connectivity index (χ0v) is 18.5. The van der Waals surface area contributed by atoms with E-state index in [0.717, 1.165) is 50.5 Å². The third-order valence-corrected chi connectivity index (χ3v) is 6.17. The maximum atomic E-state index is 12.9. The second kappa shape index (κ2) is 11.8. The summed E-state index contributed by atoms with van der Waals surface area (Å²) < 4.78 is 0. The van der Waals surface area contributed by atoms with Crippen molar-refractivity contribution in [2.24, 2.45) is 0 Å². The fourth-order valence-corrected chi connectivity index (χ4v) is 4.37. The zero-order valence-electron chi connectivity index (χ0n) is 18.5. The number of carbonyl (C=O) groups is 4. The minimum atomic E-state index is -0.667. The molecular formula is C24H33N3O5. The first kappa shape index (κ1) is 23.9. The molecule has 4 amide bonds. The summed E-state index contributed by atoms with van der Waals surface area (Å²) in [5.74, 6) is -1.08. The minimum absolute atomic E-state index is 0.0757. The van der Waals surface area contributed by atoms with Crippen molar-refractivity contribution in [1.29, 1.82) is 0 Å². The molecule has 8 heteroatoms. The van der Waals surface area contributed by atoms with Crippen LogP contribution in [0.1, 0.15) is 86.6 Å². The van der Waals surface area contributed by atoms with Gasteiger partial charge in [-0.25, -0.2) is 0 Å². The van der Waals surface area contributed by atoms with Gasteiger partial charge in [0.15, 0.2) is 0 Å². The van der Waals surface area contributed by atoms with Gasteiger partial charge in [-0.05, 0) is 31.4 Å². The van der Waals surface area contributed by atoms with Crippen molar-refractivity contribution >= 4 is 29.3 Å². The van der Waals surface area contributed by atoms with Crippen molar-refractivity contribution in [3.8, 4) is 0 Å². The molecule has 0 bridgehead atoms. The lowest BCUT2D eigenvalue weighted by Gasteiger charge is -2.29. The first-order valence-electron chi connectivity index (χ1n) is 11.7. The van der Waals surface area contributed by atoms with Gasteiger partial charge in [0.2, 0.25) is 17.7 Å². The molecule has 0 aliphatic carbocycles. The molecule has 1 fully saturated rings. The molecule has 0 radical (unpaired) electrons. The molecule has 1 aromatic carbocycles. The number of carbonyl (C=O) groups excluding carboxylic acids is 4. The largest absolute Gasteiger partial charge is 0.396 e. The molecule has 1 saturated heterocycles. The number of rotatable bonds is 12. The number of unbranched alkanes of at least 4 members (excludes halogenated alkanes) is 7. The molecule has 8 nitrogen and oxygen atoms in total. The summed E-state index contributed by atoms with van der Waals surface area (Å²) >= 11 is 0. The van der Waals surface area contributed by atoms with Gasteiger partial charge in [0.1, 0.15) is 6.04 Å². The summed E-state index contributed by atoms with van der Waals surface area (Å²) in [5.41, 5.74) is 1.83. The van der Waals surface area contributed by atoms with Gasteiger partial charge in [0, 0.05) is 42.8 Å². The number of amides is 4. The van der Waals surface area contributed by atoms with E-state index in [-0.39, 0.29) is 37.3 Å². The molecule has 32 heavy (non-hydrogen) atoms. The number of fused-ring (bicyclic) bond motifs is 1. The van der Waals surface area contributed by atoms with Gasteiger partial charge >= 0.3 is 0 Å². The Balaban J connectivity index is 1.46. The maximum absolute atomic E-state index is 12.9. The van der Waals surface area contributed by atoms with Crippen LogP contribution < -0.4 is 10.6 Å². The van der Waals surface area contributed by atoms with Crippen LogP contribution in [0.2, 0.25) is 0 Å². The van der Waals surface area contributed by atoms with Crippen LogP contribution in [0.15, 0.2) is 18.2 Å². The van der Waals surface area contributed by atoms with E-state index < -0.39 is 11.9 Å². The number of aliphatic hydroxyl groups is 1. The van der Waals surface area contributed by atoms with Crippen LogP contribution in [-0.2, 0) is 20.9 Å². The topological polar surface area (TPSA) is 116 Å². The minimum Gasteiger partial charge on any atom is -0.396 e. The first-order valence-corrected chi connectivity index (χ1v) is 11.7. The number of hydrogen-bond donors (Lipinski definition) is 3. The molecule has 3 rings (SSSR count). The number of benzene rings is 1. The summed E-state index contributed by atoms with van der Waals surface area (Å²) in [6.07, 6.45) is 9.29. The molecule has 0 aromatic heterocycles. The fourth-order valence-electron chi connectivity index (χ4n) is 4.37. The van der Waals surface area contributed by atoms with Gasteiger partial charge < -0.3 is 15.3 Å². The summed E-state index contributed by atoms with van der Waals surface area (Å²) in [6.45, 7) is 0.510. The number of piperidine rings is 1. The summed E-state index contributed by atoms with van der Waals surface area (Å²) in [7, 11) is 0. The lowest BCUT2D eigenvalue weighted by atomic mass is 10.0. The second-order valence-electron chi connectivity index (χ2n) is 8.58. The van der Waals surface area contributed by atoms with Crippen LogP contribution in [0, 0.1) is 0 Å². The second-order valence-corrected chi connectivity index (χ2v) is 8.58. The summed E-state index contributed by atoms with van der Waals surface area (Å²) in [6, 6.07) is 4.56. The number of aliphatic hydroxyl groups excluding tert-OH is 1. The number of nitrogens with zero attached hydrogens (tertiary/aromatic N) is 1. The van der Waals surface area contributed by atoms with Crippen LogP contribution in [0.4, 0.5) is 5.69 Å². The summed E-state index contributed by atoms with van der Waals surface area (Å²) in [5, 5.41) is 14.0. The molecule has 1 atom stereocenters. The van der Waals surface area contributed by atoms with Gasteiger partial charge in [-0.1, -0.05) is 44.6 Å². The van der Waals surface area contributed by atoms with Crippen molar-refractivity contribution in [2.45, 2.75) is 83.2 Å². The highest BCUT2D eigenvalue weighted by molar-refractivity contribution is 6.06. The maximum Gasteiger partial charge on any atom is 0.255 e. The highest BCUT2D eigenvalue weighted by atomic mass is 16.3. The number of anilines is 1. The molecular weight excluding hydrogens is 410 g/mol. The highest BCUT2D eigenvalue weighted by Gasteiger charge is 2.39. The lowest BCUT2D eigenvalue weighted by molar-refractivity contribution is -0.137. The monoisotopic (exact) mass is 443 g/mol. The van der Waals surface area contributed by atoms with Gasteiger partial charge in [0.25, 0.3) is 5.91 Å². The van der Waals surface area contributed by atoms with Crippen molar-refractivity contribution in [2.75, 3.05) is 11.9 Å². The molecule has 2 aliphatic heterocycles. The quantitative estimate of drug-likeness (QED) is 0.339. The molecule has 3 N–H and O–H groups in total. The van der Waals surface area contributed by atoms with Gasteiger partial charge in [-0.15, -0.1) is 0 Å². The van der Waals surface area contributed by atoms with Gasteiger partial charge in [0.05, 0.1) is 0 Å². The summed E-state index contributed by atoms with van der Waals surface area (Å²) in [4.78, 5) is 50.4. The molecule has 2 heterocycles. The average Bonchev–Trinajstić information content (AvgIpc) is 3.10. The van der Waals surface area contributed by atoms with E-state index >= 15 is 0 Å². The van der Waals surface area contributed by atoms with Crippen LogP contribution in [0.5, 0.6) is 0 Å². The number of imide groups is 1. The van der Waals surface area contributed by atoms with Crippen LogP contribution in [-0.4, -0.2) is 46.3 Å². The predicted octanol–water partition coefficient (Wildman–Crippen LogP) is 2.89. The Bertz CT molecular complexity index is 854. The predicted molar refractivity (Wildman–Crippen MR) is 120 cm³/mol. The van der Waals surface area contributed by atoms with E-state index in [1.807, 2.05) is 0 Å². The molecule has 1 aromatic rings. The van der Waals surface area contributed by atoms with Crippen LogP contribution in [0.25, 0.3) is 0 Å². The Morgan fingerprint density at radius 1 is 1.03 bits per heavy atom. The standard InChI is InChI=1S/C24H33N3O5/c28-15-8-6-4-2-1-3-5-7-12-21(29)25-19-11-9-10-17-18(19)16-27(24(17)32)20-13-14-22(30)26-23(20)31/h9-11,20,28H,1-8,12-16H2,(H,25,29)(H,26,30,31). The number of nitrogens with one attached hydrogen (secondary N) is 2. The molecule has 2 aliphatic rings.